The van der Waals surface area contributed by atoms with Crippen molar-refractivity contribution < 1.29 is 23.1 Å². The quantitative estimate of drug-likeness (QED) is 0.644. The number of nitrogens with one attached hydrogen (secondary N) is 1. The first-order valence-corrected chi connectivity index (χ1v) is 3.96. The number of aliphatic carboxylic acids is 1. The van der Waals surface area contributed by atoms with Gasteiger partial charge in [0.05, 0.1) is 5.92 Å². The number of piperidine rings is 1. The summed E-state index contributed by atoms with van der Waals surface area (Å²) in [6.07, 6.45) is -4.09. The highest BCUT2D eigenvalue weighted by molar-refractivity contribution is 5.85. The lowest BCUT2D eigenvalue weighted by Gasteiger charge is -2.13. The van der Waals surface area contributed by atoms with E-state index in [2.05, 4.69) is 5.32 Å². The summed E-state index contributed by atoms with van der Waals surface area (Å²) in [7, 11) is 0. The molecule has 2 N–H and O–H groups in total. The van der Waals surface area contributed by atoms with Crippen LogP contribution < -0.4 is 5.32 Å². The van der Waals surface area contributed by atoms with E-state index in [1.165, 1.54) is 0 Å². The van der Waals surface area contributed by atoms with Gasteiger partial charge in [-0.25, -0.2) is 0 Å². The number of hydrogen-bond donors (Lipinski definition) is 2. The molecule has 13 heavy (non-hydrogen) atoms. The van der Waals surface area contributed by atoms with Crippen molar-refractivity contribution in [1.29, 1.82) is 0 Å². The zero-order chi connectivity index (χ0) is 9.85. The third-order valence-corrected chi connectivity index (χ3v) is 2.95. The van der Waals surface area contributed by atoms with Crippen molar-refractivity contribution in [1.82, 2.24) is 5.32 Å². The molecule has 1 saturated carbocycles. The van der Waals surface area contributed by atoms with Crippen LogP contribution in [0.4, 0.5) is 13.2 Å². The van der Waals surface area contributed by atoms with E-state index in [-0.39, 0.29) is 0 Å². The number of carbonyl (C=O) groups is 1. The third kappa shape index (κ3) is 0.919. The van der Waals surface area contributed by atoms with Crippen molar-refractivity contribution in [3.05, 3.63) is 0 Å². The first-order valence-electron chi connectivity index (χ1n) is 3.96. The molecular weight excluding hydrogens is 187 g/mol. The van der Waals surface area contributed by atoms with Gasteiger partial charge in [-0.2, -0.15) is 13.2 Å². The van der Waals surface area contributed by atoms with Crippen LogP contribution >= 0.6 is 0 Å². The van der Waals surface area contributed by atoms with Crippen molar-refractivity contribution in [2.75, 3.05) is 6.54 Å². The van der Waals surface area contributed by atoms with Gasteiger partial charge in [-0.15, -0.1) is 0 Å². The molecule has 6 heteroatoms. The van der Waals surface area contributed by atoms with Crippen molar-refractivity contribution in [3.63, 3.8) is 0 Å². The van der Waals surface area contributed by atoms with Gasteiger partial charge in [0, 0.05) is 5.92 Å². The maximum atomic E-state index is 12.3. The van der Waals surface area contributed by atoms with Gasteiger partial charge < -0.3 is 10.4 Å². The van der Waals surface area contributed by atoms with Gasteiger partial charge in [-0.1, -0.05) is 0 Å². The highest BCUT2D eigenvalue weighted by Gasteiger charge is 2.80. The Morgan fingerprint density at radius 3 is 2.46 bits per heavy atom. The van der Waals surface area contributed by atoms with Gasteiger partial charge in [0.15, 0.2) is 0 Å². The molecule has 3 nitrogen and oxygen atoms in total. The van der Waals surface area contributed by atoms with Crippen molar-refractivity contribution in [2.24, 2.45) is 11.8 Å². The normalized spacial score (nSPS) is 43.0. The minimum absolute atomic E-state index is 0.302. The molecule has 0 aromatic heterocycles. The predicted molar refractivity (Wildman–Crippen MR) is 36.0 cm³/mol. The fourth-order valence-electron chi connectivity index (χ4n) is 2.38. The highest BCUT2D eigenvalue weighted by atomic mass is 19.4. The average Bonchev–Trinajstić information content (AvgIpc) is 2.45. The van der Waals surface area contributed by atoms with E-state index in [1.54, 1.807) is 0 Å². The molecule has 1 saturated heterocycles. The van der Waals surface area contributed by atoms with Gasteiger partial charge in [-0.05, 0) is 13.0 Å². The monoisotopic (exact) mass is 195 g/mol. The summed E-state index contributed by atoms with van der Waals surface area (Å²) >= 11 is 0. The number of fused-ring (bicyclic) bond motifs is 1. The second-order valence-corrected chi connectivity index (χ2v) is 3.52. The topological polar surface area (TPSA) is 49.3 Å². The van der Waals surface area contributed by atoms with Crippen LogP contribution in [0.3, 0.4) is 0 Å². The molecule has 0 aromatic carbocycles. The number of rotatable bonds is 1. The van der Waals surface area contributed by atoms with Crippen molar-refractivity contribution in [3.8, 4) is 0 Å². The third-order valence-electron chi connectivity index (χ3n) is 2.95. The molecule has 0 aromatic rings. The summed E-state index contributed by atoms with van der Waals surface area (Å²) in [6.45, 7) is 0.365. The highest BCUT2D eigenvalue weighted by Crippen LogP contribution is 2.62. The average molecular weight is 195 g/mol. The van der Waals surface area contributed by atoms with Crippen LogP contribution in [0.1, 0.15) is 6.42 Å². The summed E-state index contributed by atoms with van der Waals surface area (Å²) in [5, 5.41) is 11.1. The van der Waals surface area contributed by atoms with Crippen molar-refractivity contribution in [2.45, 2.75) is 18.1 Å². The standard InChI is InChI=1S/C7H8F3NO2/c8-7(9,10)4-3-1-2-11-6(3,4)5(12)13/h3-4,11H,1-2H2,(H,12,13)/t3?,4-,6-/m1/s1. The molecular formula is C7H8F3NO2. The smallest absolute Gasteiger partial charge is 0.394 e. The molecule has 0 amide bonds. The first-order chi connectivity index (χ1) is 5.90. The zero-order valence-corrected chi connectivity index (χ0v) is 6.56. The summed E-state index contributed by atoms with van der Waals surface area (Å²) < 4.78 is 36.8. The van der Waals surface area contributed by atoms with Gasteiger partial charge in [0.2, 0.25) is 0 Å². The van der Waals surface area contributed by atoms with Gasteiger partial charge >= 0.3 is 12.1 Å². The van der Waals surface area contributed by atoms with Gasteiger partial charge in [0.25, 0.3) is 0 Å². The molecule has 2 aliphatic rings. The van der Waals surface area contributed by atoms with Crippen LogP contribution in [0.5, 0.6) is 0 Å². The second-order valence-electron chi connectivity index (χ2n) is 3.52. The predicted octanol–water partition coefficient (Wildman–Crippen LogP) is 0.611. The summed E-state index contributed by atoms with van der Waals surface area (Å²) in [6, 6.07) is 0. The van der Waals surface area contributed by atoms with Crippen LogP contribution in [-0.4, -0.2) is 29.3 Å². The van der Waals surface area contributed by atoms with E-state index in [4.69, 9.17) is 5.11 Å². The molecule has 0 radical (unpaired) electrons. The minimum atomic E-state index is -4.39. The molecule has 1 aliphatic heterocycles. The summed E-state index contributed by atoms with van der Waals surface area (Å²) in [4.78, 5) is 10.7. The second kappa shape index (κ2) is 2.17. The Morgan fingerprint density at radius 2 is 2.15 bits per heavy atom. The lowest BCUT2D eigenvalue weighted by molar-refractivity contribution is -0.165. The maximum absolute atomic E-state index is 12.3. The molecule has 1 aliphatic carbocycles. The number of hydrogen-bond acceptors (Lipinski definition) is 2. The maximum Gasteiger partial charge on any atom is 0.394 e. The molecule has 1 heterocycles. The van der Waals surface area contributed by atoms with E-state index in [9.17, 15) is 18.0 Å². The summed E-state index contributed by atoms with van der Waals surface area (Å²) in [5.74, 6) is -3.83. The van der Waals surface area contributed by atoms with E-state index in [0.717, 1.165) is 0 Å². The van der Waals surface area contributed by atoms with E-state index in [1.807, 2.05) is 0 Å². The van der Waals surface area contributed by atoms with Crippen LogP contribution in [0.25, 0.3) is 0 Å². The zero-order valence-electron chi connectivity index (χ0n) is 6.56. The van der Waals surface area contributed by atoms with Gasteiger partial charge in [-0.3, -0.25) is 4.79 Å². The number of alkyl halides is 3. The Kier molecular flexibility index (Phi) is 1.47. The van der Waals surface area contributed by atoms with Crippen LogP contribution in [0.15, 0.2) is 0 Å². The fraction of sp³-hybridized carbons (Fsp3) is 0.857. The number of carboxylic acid groups (broad SMARTS) is 1. The molecule has 0 bridgehead atoms. The fourth-order valence-corrected chi connectivity index (χ4v) is 2.38. The molecule has 74 valence electrons. The lowest BCUT2D eigenvalue weighted by atomic mass is 10.2. The Morgan fingerprint density at radius 1 is 1.54 bits per heavy atom. The number of halogens is 3. The lowest BCUT2D eigenvalue weighted by Crippen LogP contribution is -2.42. The van der Waals surface area contributed by atoms with E-state index >= 15 is 0 Å². The first kappa shape index (κ1) is 8.80. The van der Waals surface area contributed by atoms with E-state index < -0.39 is 29.5 Å². The minimum Gasteiger partial charge on any atom is -0.480 e. The Balaban J connectivity index is 2.25. The Labute approximate surface area is 71.9 Å². The molecule has 2 rings (SSSR count). The largest absolute Gasteiger partial charge is 0.480 e. The SMILES string of the molecule is O=C(O)[C@@]12NCCC1[C@H]2C(F)(F)F. The van der Waals surface area contributed by atoms with Crippen LogP contribution in [0.2, 0.25) is 0 Å². The molecule has 3 atom stereocenters. The Bertz CT molecular complexity index is 265. The van der Waals surface area contributed by atoms with Crippen LogP contribution in [0, 0.1) is 11.8 Å². The van der Waals surface area contributed by atoms with Gasteiger partial charge in [0.1, 0.15) is 5.54 Å². The van der Waals surface area contributed by atoms with Crippen LogP contribution in [-0.2, 0) is 4.79 Å². The van der Waals surface area contributed by atoms with Crippen molar-refractivity contribution >= 4 is 5.97 Å². The number of carboxylic acids is 1. The summed E-state index contributed by atoms with van der Waals surface area (Å²) in [5.41, 5.74) is -1.70. The molecule has 2 fully saturated rings. The Hall–Kier alpha value is -0.780. The van der Waals surface area contributed by atoms with E-state index in [0.29, 0.717) is 13.0 Å². The molecule has 0 spiro atoms. The molecule has 1 unspecified atom stereocenters.